The number of ether oxygens (including phenoxy) is 2. The van der Waals surface area contributed by atoms with Crippen molar-refractivity contribution < 1.29 is 19.1 Å². The van der Waals surface area contributed by atoms with Crippen LogP contribution in [0.2, 0.25) is 10.0 Å². The first-order valence-corrected chi connectivity index (χ1v) is 10.2. The van der Waals surface area contributed by atoms with Crippen LogP contribution in [0.25, 0.3) is 0 Å². The van der Waals surface area contributed by atoms with Gasteiger partial charge in [0.25, 0.3) is 0 Å². The van der Waals surface area contributed by atoms with Crippen molar-refractivity contribution in [2.24, 2.45) is 0 Å². The fourth-order valence-corrected chi connectivity index (χ4v) is 3.52. The summed E-state index contributed by atoms with van der Waals surface area (Å²) in [7, 11) is 1.30. The molecule has 2 aromatic rings. The maximum Gasteiger partial charge on any atom is 0.357 e. The van der Waals surface area contributed by atoms with E-state index in [4.69, 9.17) is 27.9 Å². The molecular formula is C18H21Cl2N3O4S. The predicted octanol–water partition coefficient (Wildman–Crippen LogP) is 4.70. The highest BCUT2D eigenvalue weighted by Crippen LogP contribution is 2.26. The standard InChI is InChI=1S/C18H21Cl2N3O4S/c1-3-27-8-4-7-23(10-16-21-15(11-28-16)17(24)26-2)18(25)22-14-6-5-12(19)9-13(14)20/h5-6,9,11H,3-4,7-8,10H2,1-2H3,(H,22,25). The summed E-state index contributed by atoms with van der Waals surface area (Å²) in [5.41, 5.74) is 0.679. The van der Waals surface area contributed by atoms with Gasteiger partial charge in [-0.15, -0.1) is 11.3 Å². The molecule has 1 heterocycles. The molecule has 152 valence electrons. The Hall–Kier alpha value is -1.87. The van der Waals surface area contributed by atoms with Gasteiger partial charge in [-0.2, -0.15) is 0 Å². The molecule has 28 heavy (non-hydrogen) atoms. The maximum absolute atomic E-state index is 12.8. The van der Waals surface area contributed by atoms with Crippen molar-refractivity contribution in [1.29, 1.82) is 0 Å². The van der Waals surface area contributed by atoms with Crippen LogP contribution in [0.1, 0.15) is 28.8 Å². The summed E-state index contributed by atoms with van der Waals surface area (Å²) in [6.45, 7) is 3.75. The van der Waals surface area contributed by atoms with Gasteiger partial charge in [0.05, 0.1) is 24.4 Å². The van der Waals surface area contributed by atoms with Gasteiger partial charge in [0, 0.05) is 30.2 Å². The number of hydrogen-bond donors (Lipinski definition) is 1. The van der Waals surface area contributed by atoms with Gasteiger partial charge in [0.2, 0.25) is 0 Å². The van der Waals surface area contributed by atoms with Crippen molar-refractivity contribution in [3.63, 3.8) is 0 Å². The van der Waals surface area contributed by atoms with Gasteiger partial charge in [-0.25, -0.2) is 14.6 Å². The molecule has 2 amide bonds. The number of thiazole rings is 1. The minimum Gasteiger partial charge on any atom is -0.464 e. The number of carbonyl (C=O) groups excluding carboxylic acids is 2. The number of nitrogens with zero attached hydrogens (tertiary/aromatic N) is 2. The van der Waals surface area contributed by atoms with E-state index in [2.05, 4.69) is 15.0 Å². The Kier molecular flexibility index (Phi) is 8.98. The van der Waals surface area contributed by atoms with Crippen LogP contribution >= 0.6 is 34.5 Å². The summed E-state index contributed by atoms with van der Waals surface area (Å²) < 4.78 is 10.0. The molecule has 0 atom stereocenters. The van der Waals surface area contributed by atoms with Crippen LogP contribution in [0, 0.1) is 0 Å². The van der Waals surface area contributed by atoms with Crippen molar-refractivity contribution in [3.05, 3.63) is 44.3 Å². The third kappa shape index (κ3) is 6.63. The second kappa shape index (κ2) is 11.2. The molecular weight excluding hydrogens is 425 g/mol. The SMILES string of the molecule is CCOCCCN(Cc1nc(C(=O)OC)cs1)C(=O)Nc1ccc(Cl)cc1Cl. The molecule has 1 aromatic heterocycles. The monoisotopic (exact) mass is 445 g/mol. The number of esters is 1. The lowest BCUT2D eigenvalue weighted by Gasteiger charge is -2.22. The second-order valence-electron chi connectivity index (χ2n) is 5.64. The molecule has 1 aromatic carbocycles. The largest absolute Gasteiger partial charge is 0.464 e. The molecule has 10 heteroatoms. The molecule has 0 fully saturated rings. The smallest absolute Gasteiger partial charge is 0.357 e. The summed E-state index contributed by atoms with van der Waals surface area (Å²) in [5, 5.41) is 5.83. The molecule has 0 aliphatic carbocycles. The Morgan fingerprint density at radius 1 is 1.32 bits per heavy atom. The summed E-state index contributed by atoms with van der Waals surface area (Å²) in [5.74, 6) is -0.511. The molecule has 7 nitrogen and oxygen atoms in total. The lowest BCUT2D eigenvalue weighted by molar-refractivity contribution is 0.0594. The summed E-state index contributed by atoms with van der Waals surface area (Å²) >= 11 is 13.3. The topological polar surface area (TPSA) is 80.8 Å². The Labute approximate surface area is 177 Å². The van der Waals surface area contributed by atoms with Crippen LogP contribution in [-0.2, 0) is 16.0 Å². The summed E-state index contributed by atoms with van der Waals surface area (Å²) in [6.07, 6.45) is 0.658. The lowest BCUT2D eigenvalue weighted by atomic mass is 10.3. The van der Waals surface area contributed by atoms with E-state index >= 15 is 0 Å². The highest BCUT2D eigenvalue weighted by Gasteiger charge is 2.18. The molecule has 0 saturated carbocycles. The molecule has 0 spiro atoms. The first-order chi connectivity index (χ1) is 13.4. The van der Waals surface area contributed by atoms with E-state index < -0.39 is 5.97 Å². The first-order valence-electron chi connectivity index (χ1n) is 8.56. The van der Waals surface area contributed by atoms with Gasteiger partial charge in [0.15, 0.2) is 5.69 Å². The zero-order valence-electron chi connectivity index (χ0n) is 15.5. The van der Waals surface area contributed by atoms with Crippen LogP contribution in [0.4, 0.5) is 10.5 Å². The van der Waals surface area contributed by atoms with Gasteiger partial charge in [-0.05, 0) is 31.5 Å². The third-order valence-electron chi connectivity index (χ3n) is 3.65. The van der Waals surface area contributed by atoms with Crippen molar-refractivity contribution >= 4 is 52.2 Å². The Balaban J connectivity index is 2.09. The molecule has 1 N–H and O–H groups in total. The highest BCUT2D eigenvalue weighted by molar-refractivity contribution is 7.09. The van der Waals surface area contributed by atoms with E-state index in [1.54, 1.807) is 28.5 Å². The minimum absolute atomic E-state index is 0.220. The average Bonchev–Trinajstić information content (AvgIpc) is 3.14. The van der Waals surface area contributed by atoms with Crippen LogP contribution < -0.4 is 5.32 Å². The van der Waals surface area contributed by atoms with Crippen molar-refractivity contribution in [1.82, 2.24) is 9.88 Å². The Bertz CT molecular complexity index is 816. The van der Waals surface area contributed by atoms with Crippen LogP contribution in [0.3, 0.4) is 0 Å². The fourth-order valence-electron chi connectivity index (χ4n) is 2.28. The van der Waals surface area contributed by atoms with Gasteiger partial charge >= 0.3 is 12.0 Å². The Morgan fingerprint density at radius 2 is 2.11 bits per heavy atom. The van der Waals surface area contributed by atoms with Crippen LogP contribution in [0.15, 0.2) is 23.6 Å². The number of hydrogen-bond acceptors (Lipinski definition) is 6. The third-order valence-corrected chi connectivity index (χ3v) is 5.03. The highest BCUT2D eigenvalue weighted by atomic mass is 35.5. The molecule has 0 saturated heterocycles. The lowest BCUT2D eigenvalue weighted by Crippen LogP contribution is -2.35. The molecule has 0 aliphatic heterocycles. The van der Waals surface area contributed by atoms with E-state index in [0.29, 0.717) is 46.9 Å². The summed E-state index contributed by atoms with van der Waals surface area (Å²) in [4.78, 5) is 30.2. The van der Waals surface area contributed by atoms with Crippen molar-refractivity contribution in [2.75, 3.05) is 32.2 Å². The number of anilines is 1. The minimum atomic E-state index is -0.511. The maximum atomic E-state index is 12.8. The fraction of sp³-hybridized carbons (Fsp3) is 0.389. The number of amides is 2. The number of methoxy groups -OCH3 is 1. The Morgan fingerprint density at radius 3 is 2.79 bits per heavy atom. The number of nitrogens with one attached hydrogen (secondary N) is 1. The molecule has 0 aliphatic rings. The number of urea groups is 1. The first kappa shape index (κ1) is 22.4. The number of halogens is 2. The van der Waals surface area contributed by atoms with Gasteiger partial charge in [-0.3, -0.25) is 0 Å². The quantitative estimate of drug-likeness (QED) is 0.446. The second-order valence-corrected chi connectivity index (χ2v) is 7.43. The van der Waals surface area contributed by atoms with Crippen LogP contribution in [0.5, 0.6) is 0 Å². The molecule has 2 rings (SSSR count). The zero-order chi connectivity index (χ0) is 20.5. The molecule has 0 radical (unpaired) electrons. The number of aromatic nitrogens is 1. The number of rotatable bonds is 9. The summed E-state index contributed by atoms with van der Waals surface area (Å²) in [6, 6.07) is 4.50. The normalized spacial score (nSPS) is 10.6. The average molecular weight is 446 g/mol. The van der Waals surface area contributed by atoms with E-state index in [1.807, 2.05) is 6.92 Å². The van der Waals surface area contributed by atoms with Crippen molar-refractivity contribution in [3.8, 4) is 0 Å². The predicted molar refractivity (Wildman–Crippen MR) is 110 cm³/mol. The van der Waals surface area contributed by atoms with E-state index in [1.165, 1.54) is 18.4 Å². The van der Waals surface area contributed by atoms with Gasteiger partial charge in [0.1, 0.15) is 5.01 Å². The van der Waals surface area contributed by atoms with Crippen LogP contribution in [-0.4, -0.2) is 48.8 Å². The molecule has 0 unspecified atom stereocenters. The number of benzene rings is 1. The van der Waals surface area contributed by atoms with Gasteiger partial charge < -0.3 is 19.7 Å². The molecule has 0 bridgehead atoms. The van der Waals surface area contributed by atoms with Gasteiger partial charge in [-0.1, -0.05) is 23.2 Å². The number of carbonyl (C=O) groups is 2. The van der Waals surface area contributed by atoms with E-state index in [0.717, 1.165) is 0 Å². The van der Waals surface area contributed by atoms with Crippen molar-refractivity contribution in [2.45, 2.75) is 19.9 Å². The zero-order valence-corrected chi connectivity index (χ0v) is 17.9. The van der Waals surface area contributed by atoms with E-state index in [-0.39, 0.29) is 18.3 Å². The van der Waals surface area contributed by atoms with E-state index in [9.17, 15) is 9.59 Å².